The molecule has 0 aliphatic heterocycles. The van der Waals surface area contributed by atoms with E-state index in [4.69, 9.17) is 29.8 Å². The average Bonchev–Trinajstić information content (AvgIpc) is 3.78. The van der Waals surface area contributed by atoms with E-state index in [2.05, 4.69) is 30.6 Å². The third kappa shape index (κ3) is 14.2. The van der Waals surface area contributed by atoms with Gasteiger partial charge in [0.1, 0.15) is 22.7 Å². The van der Waals surface area contributed by atoms with Crippen molar-refractivity contribution in [2.24, 2.45) is 11.5 Å². The Balaban J connectivity index is 0.000000239. The van der Waals surface area contributed by atoms with Gasteiger partial charge in [0.25, 0.3) is 0 Å². The molecule has 60 heavy (non-hydrogen) atoms. The minimum atomic E-state index is -0.469. The topological polar surface area (TPSA) is 211 Å². The molecule has 17 heteroatoms. The van der Waals surface area contributed by atoms with Crippen molar-refractivity contribution >= 4 is 126 Å². The number of hydrogen-bond donors (Lipinski definition) is 5. The van der Waals surface area contributed by atoms with Crippen molar-refractivity contribution in [3.8, 4) is 11.5 Å². The zero-order chi connectivity index (χ0) is 44.7. The van der Waals surface area contributed by atoms with Crippen LogP contribution in [0.15, 0.2) is 91.4 Å². The van der Waals surface area contributed by atoms with Crippen LogP contribution in [-0.4, -0.2) is 64.8 Å². The average molecular weight is 896 g/mol. The number of nitrogens with two attached hydrogens (primary N) is 2. The van der Waals surface area contributed by atoms with Gasteiger partial charge in [0.15, 0.2) is 28.4 Å². The van der Waals surface area contributed by atoms with E-state index in [0.717, 1.165) is 43.3 Å². The lowest BCUT2D eigenvalue weighted by molar-refractivity contribution is -0.132. The van der Waals surface area contributed by atoms with Crippen LogP contribution in [0.4, 0.5) is 0 Å². The van der Waals surface area contributed by atoms with Gasteiger partial charge in [0.2, 0.25) is 5.91 Å². The Kier molecular flexibility index (Phi) is 19.7. The van der Waals surface area contributed by atoms with Crippen LogP contribution in [0.1, 0.15) is 54.9 Å². The van der Waals surface area contributed by atoms with Gasteiger partial charge >= 0.3 is 11.9 Å². The minimum absolute atomic E-state index is 0.0268. The highest BCUT2D eigenvalue weighted by molar-refractivity contribution is 8.76. The van der Waals surface area contributed by atoms with Gasteiger partial charge in [-0.2, -0.15) is 12.6 Å². The number of benzene rings is 4. The second-order valence-corrected chi connectivity index (χ2v) is 16.4. The zero-order valence-electron chi connectivity index (χ0n) is 34.2. The van der Waals surface area contributed by atoms with Gasteiger partial charge in [0.05, 0.1) is 23.0 Å². The molecular formula is C43H49N3O10S4. The maximum Gasteiger partial charge on any atom is 0.308 e. The molecule has 3 atom stereocenters. The lowest BCUT2D eigenvalue weighted by Gasteiger charge is -2.10. The molecule has 6 rings (SSSR count). The summed E-state index contributed by atoms with van der Waals surface area (Å²) in [7, 11) is 3.02. The zero-order valence-corrected chi connectivity index (χ0v) is 37.7. The molecule has 0 radical (unpaired) electrons. The van der Waals surface area contributed by atoms with Crippen molar-refractivity contribution < 1.29 is 47.1 Å². The standard InChI is InChI=1S/C18H17NO4S2.C14H10O3S.C6H11NO2S.C5H11NO/c1-10(20)14(19)9-24-25-16-8-4-6-13-12-5-3-7-15(22-11(2)21)17(12)23-18(13)16;1-8(15)16-11-6-2-4-9-10-5-3-7-12(18)14(10)17-13(9)11;1-4(8)6(3-10)7-5(2)9;1-3-5(6)4(2)7/h3-8,14H,9,19H2,1-2H3;2-7,18H,1H3;6,10H,3H2,1-2H3,(H,7,9);5H,3,6H2,1-2H3. The van der Waals surface area contributed by atoms with E-state index in [9.17, 15) is 28.8 Å². The molecule has 0 aliphatic rings. The number of carbonyl (C=O) groups is 6. The van der Waals surface area contributed by atoms with Crippen LogP contribution >= 0.6 is 46.8 Å². The molecule has 0 saturated carbocycles. The van der Waals surface area contributed by atoms with Gasteiger partial charge in [-0.1, -0.05) is 77.0 Å². The van der Waals surface area contributed by atoms with E-state index < -0.39 is 18.1 Å². The molecule has 2 heterocycles. The lowest BCUT2D eigenvalue weighted by atomic mass is 10.1. The number of carbonyl (C=O) groups excluding carboxylic acids is 6. The molecular weight excluding hydrogens is 847 g/mol. The van der Waals surface area contributed by atoms with Crippen molar-refractivity contribution in [1.29, 1.82) is 0 Å². The second kappa shape index (κ2) is 23.9. The molecule has 2 aromatic heterocycles. The molecule has 3 unspecified atom stereocenters. The summed E-state index contributed by atoms with van der Waals surface area (Å²) in [4.78, 5) is 66.6. The largest absolute Gasteiger partial charge is 0.451 e. The van der Waals surface area contributed by atoms with Crippen molar-refractivity contribution in [2.75, 3.05) is 11.5 Å². The molecule has 6 aromatic rings. The number of Topliss-reactive ketones (excluding diaryl/α,β-unsaturated/α-hetero) is 3. The number of hydrogen-bond acceptors (Lipinski definition) is 16. The number of rotatable bonds is 12. The number of nitrogens with one attached hydrogen (secondary N) is 1. The number of amides is 1. The van der Waals surface area contributed by atoms with Crippen molar-refractivity contribution in [3.05, 3.63) is 72.8 Å². The predicted molar refractivity (Wildman–Crippen MR) is 245 cm³/mol. The Labute approximate surface area is 366 Å². The molecule has 0 bridgehead atoms. The monoisotopic (exact) mass is 895 g/mol. The van der Waals surface area contributed by atoms with Crippen molar-refractivity contribution in [3.63, 3.8) is 0 Å². The number of ketones is 3. The van der Waals surface area contributed by atoms with Gasteiger partial charge < -0.3 is 35.1 Å². The Morgan fingerprint density at radius 2 is 1.10 bits per heavy atom. The smallest absolute Gasteiger partial charge is 0.308 e. The van der Waals surface area contributed by atoms with Gasteiger partial charge in [0, 0.05) is 58.7 Å². The fourth-order valence-electron chi connectivity index (χ4n) is 5.18. The summed E-state index contributed by atoms with van der Waals surface area (Å²) in [5.74, 6) is 0.741. The molecule has 0 aliphatic carbocycles. The molecule has 320 valence electrons. The van der Waals surface area contributed by atoms with Crippen molar-refractivity contribution in [1.82, 2.24) is 5.32 Å². The Bertz CT molecular complexity index is 2480. The first kappa shape index (κ1) is 49.6. The highest BCUT2D eigenvalue weighted by atomic mass is 33.1. The number of para-hydroxylation sites is 4. The van der Waals surface area contributed by atoms with E-state index in [1.165, 1.54) is 63.1 Å². The number of thiol groups is 2. The summed E-state index contributed by atoms with van der Waals surface area (Å²) in [6.07, 6.45) is 0.745. The summed E-state index contributed by atoms with van der Waals surface area (Å²) in [6.45, 7) is 10.4. The highest BCUT2D eigenvalue weighted by Crippen LogP contribution is 2.42. The van der Waals surface area contributed by atoms with Crippen LogP contribution in [0.2, 0.25) is 0 Å². The molecule has 0 fully saturated rings. The third-order valence-corrected chi connectivity index (χ3v) is 11.5. The SMILES string of the molecule is CC(=O)NC(CS)C(C)=O.CC(=O)Oc1cccc2c1oc1c(S)cccc12.CC(=O)Oc1cccc2c1oc1c(SSCC(N)C(C)=O)cccc12.CCC(N)C(C)=O. The number of ether oxygens (including phenoxy) is 2. The fraction of sp³-hybridized carbons (Fsp3) is 0.302. The van der Waals surface area contributed by atoms with Crippen LogP contribution in [0.5, 0.6) is 11.5 Å². The summed E-state index contributed by atoms with van der Waals surface area (Å²) >= 11 is 8.26. The number of fused-ring (bicyclic) bond motifs is 6. The first-order chi connectivity index (χ1) is 28.4. The second-order valence-electron chi connectivity index (χ2n) is 13.2. The molecule has 0 saturated heterocycles. The Morgan fingerprint density at radius 1 is 0.650 bits per heavy atom. The van der Waals surface area contributed by atoms with E-state index in [1.54, 1.807) is 12.1 Å². The summed E-state index contributed by atoms with van der Waals surface area (Å²) in [5.41, 5.74) is 13.6. The van der Waals surface area contributed by atoms with Gasteiger partial charge in [-0.25, -0.2) is 0 Å². The number of furan rings is 2. The normalized spacial score (nSPS) is 12.1. The quantitative estimate of drug-likeness (QED) is 0.0339. The summed E-state index contributed by atoms with van der Waals surface area (Å²) in [6, 6.07) is 21.4. The predicted octanol–water partition coefficient (Wildman–Crippen LogP) is 8.29. The maximum absolute atomic E-state index is 11.3. The maximum atomic E-state index is 11.3. The van der Waals surface area contributed by atoms with Crippen molar-refractivity contribution in [2.45, 2.75) is 82.8 Å². The third-order valence-electron chi connectivity index (χ3n) is 8.36. The van der Waals surface area contributed by atoms with E-state index in [-0.39, 0.29) is 35.3 Å². The van der Waals surface area contributed by atoms with E-state index in [0.29, 0.717) is 39.8 Å². The summed E-state index contributed by atoms with van der Waals surface area (Å²) < 4.78 is 22.1. The van der Waals surface area contributed by atoms with Crippen LogP contribution in [0, 0.1) is 0 Å². The molecule has 13 nitrogen and oxygen atoms in total. The fourth-order valence-corrected chi connectivity index (χ4v) is 8.14. The van der Waals surface area contributed by atoms with Gasteiger partial charge in [-0.3, -0.25) is 28.8 Å². The van der Waals surface area contributed by atoms with Gasteiger partial charge in [-0.15, -0.1) is 12.6 Å². The van der Waals surface area contributed by atoms with Crippen LogP contribution < -0.4 is 26.3 Å². The lowest BCUT2D eigenvalue weighted by Crippen LogP contribution is -2.39. The first-order valence-electron chi connectivity index (χ1n) is 18.5. The molecule has 5 N–H and O–H groups in total. The van der Waals surface area contributed by atoms with Gasteiger partial charge in [-0.05, 0) is 51.5 Å². The minimum Gasteiger partial charge on any atom is -0.451 e. The Hall–Kier alpha value is -4.78. The Morgan fingerprint density at radius 3 is 1.50 bits per heavy atom. The van der Waals surface area contributed by atoms with Crippen LogP contribution in [0.25, 0.3) is 43.9 Å². The number of esters is 2. The van der Waals surface area contributed by atoms with E-state index in [1.807, 2.05) is 67.6 Å². The first-order valence-corrected chi connectivity index (χ1v) is 21.9. The summed E-state index contributed by atoms with van der Waals surface area (Å²) in [5, 5.41) is 6.18. The van der Waals surface area contributed by atoms with Crippen LogP contribution in [0.3, 0.4) is 0 Å². The molecule has 1 amide bonds. The highest BCUT2D eigenvalue weighted by Gasteiger charge is 2.17. The van der Waals surface area contributed by atoms with E-state index >= 15 is 0 Å². The molecule has 4 aromatic carbocycles. The molecule has 0 spiro atoms. The van der Waals surface area contributed by atoms with Crippen LogP contribution in [-0.2, 0) is 28.8 Å².